The fourth-order valence-electron chi connectivity index (χ4n) is 1.26. The van der Waals surface area contributed by atoms with Gasteiger partial charge in [0.25, 0.3) is 0 Å². The van der Waals surface area contributed by atoms with Crippen LogP contribution in [0.3, 0.4) is 0 Å². The van der Waals surface area contributed by atoms with Crippen molar-refractivity contribution in [1.29, 1.82) is 0 Å². The van der Waals surface area contributed by atoms with Gasteiger partial charge in [-0.05, 0) is 0 Å². The second-order valence-electron chi connectivity index (χ2n) is 3.42. The molecule has 0 amide bonds. The summed E-state index contributed by atoms with van der Waals surface area (Å²) < 4.78 is 49.7. The van der Waals surface area contributed by atoms with Crippen molar-refractivity contribution in [2.24, 2.45) is 0 Å². The van der Waals surface area contributed by atoms with Gasteiger partial charge in [-0.2, -0.15) is 0 Å². The van der Waals surface area contributed by atoms with E-state index in [2.05, 4.69) is 9.47 Å². The van der Waals surface area contributed by atoms with Crippen molar-refractivity contribution in [3.05, 3.63) is 21.8 Å². The molecule has 0 N–H and O–H groups in total. The zero-order valence-corrected chi connectivity index (χ0v) is 10.7. The number of rotatable bonds is 1. The Morgan fingerprint density at radius 3 is 2.44 bits per heavy atom. The van der Waals surface area contributed by atoms with Crippen LogP contribution in [0.4, 0.5) is 13.2 Å². The topological polar surface area (TPSA) is 18.5 Å². The van der Waals surface area contributed by atoms with Gasteiger partial charge in [0.1, 0.15) is 0 Å². The molecular formula is C10H9F3IO2-. The summed E-state index contributed by atoms with van der Waals surface area (Å²) in [6, 6.07) is 4.67. The van der Waals surface area contributed by atoms with Gasteiger partial charge in [-0.3, -0.25) is 0 Å². The van der Waals surface area contributed by atoms with Crippen LogP contribution in [0.2, 0.25) is 0 Å². The Bertz CT molecular complexity index is 421. The molecule has 90 valence electrons. The Labute approximate surface area is 101 Å². The predicted molar refractivity (Wildman–Crippen MR) is 46.8 cm³/mol. The summed E-state index contributed by atoms with van der Waals surface area (Å²) in [7, 11) is 0. The molecule has 0 aliphatic carbocycles. The zero-order chi connectivity index (χ0) is 12.0. The van der Waals surface area contributed by atoms with Crippen molar-refractivity contribution in [3.63, 3.8) is 0 Å². The Morgan fingerprint density at radius 1 is 1.12 bits per heavy atom. The minimum atomic E-state index is -3.97. The maximum absolute atomic E-state index is 13.4. The van der Waals surface area contributed by atoms with Crippen LogP contribution < -0.4 is 30.7 Å². The average molecular weight is 345 g/mol. The number of hydrogen-bond acceptors (Lipinski definition) is 2. The molecule has 0 bridgehead atoms. The molecule has 2 nitrogen and oxygen atoms in total. The first kappa shape index (κ1) is 11.8. The molecule has 0 spiro atoms. The van der Waals surface area contributed by atoms with E-state index < -0.39 is 12.0 Å². The van der Waals surface area contributed by atoms with E-state index >= 15 is 0 Å². The van der Waals surface area contributed by atoms with Gasteiger partial charge >= 0.3 is 101 Å². The minimum absolute atomic E-state index is 0.0112. The summed E-state index contributed by atoms with van der Waals surface area (Å²) in [4.78, 5) is 1.99. The van der Waals surface area contributed by atoms with Crippen molar-refractivity contribution in [1.82, 2.24) is 0 Å². The van der Waals surface area contributed by atoms with Crippen LogP contribution >= 0.6 is 0 Å². The molecule has 1 heterocycles. The SMILES string of the molecule is C[I-]c1ccc2c(c1)OC(F)(F)C(C)(F)O2. The van der Waals surface area contributed by atoms with E-state index in [9.17, 15) is 13.2 Å². The van der Waals surface area contributed by atoms with Gasteiger partial charge in [0.2, 0.25) is 0 Å². The summed E-state index contributed by atoms with van der Waals surface area (Å²) in [6.07, 6.45) is -3.97. The van der Waals surface area contributed by atoms with Gasteiger partial charge in [0.15, 0.2) is 0 Å². The number of fused-ring (bicyclic) bond motifs is 1. The van der Waals surface area contributed by atoms with E-state index in [1.54, 1.807) is 6.07 Å². The standard InChI is InChI=1S/C10H9F3IO2/c1-9(11)10(12,13)16-8-5-6(14-2)3-4-7(8)15-9/h3-5H,1-2H3/q-1. The van der Waals surface area contributed by atoms with E-state index in [1.165, 1.54) is 12.1 Å². The second kappa shape index (κ2) is 3.68. The Morgan fingerprint density at radius 2 is 1.81 bits per heavy atom. The normalized spacial score (nSPS) is 26.8. The van der Waals surface area contributed by atoms with E-state index in [4.69, 9.17) is 0 Å². The van der Waals surface area contributed by atoms with Gasteiger partial charge in [0.05, 0.1) is 0 Å². The third-order valence-electron chi connectivity index (χ3n) is 2.18. The monoisotopic (exact) mass is 345 g/mol. The van der Waals surface area contributed by atoms with Crippen molar-refractivity contribution < 1.29 is 43.9 Å². The Hall–Kier alpha value is -0.660. The van der Waals surface area contributed by atoms with Crippen LogP contribution in [0.1, 0.15) is 6.92 Å². The Kier molecular flexibility index (Phi) is 2.72. The average Bonchev–Trinajstić information content (AvgIpc) is 2.18. The van der Waals surface area contributed by atoms with Crippen LogP contribution in [0, 0.1) is 3.57 Å². The summed E-state index contributed by atoms with van der Waals surface area (Å²) in [5.41, 5.74) is 0. The first-order valence-corrected chi connectivity index (χ1v) is 7.67. The first-order valence-electron chi connectivity index (χ1n) is 4.44. The molecule has 2 rings (SSSR count). The molecule has 1 aliphatic heterocycles. The van der Waals surface area contributed by atoms with Crippen LogP contribution in [0.25, 0.3) is 0 Å². The van der Waals surface area contributed by atoms with Gasteiger partial charge in [0, 0.05) is 0 Å². The van der Waals surface area contributed by atoms with Crippen molar-refractivity contribution in [2.45, 2.75) is 18.9 Å². The van der Waals surface area contributed by atoms with Gasteiger partial charge in [-0.25, -0.2) is 0 Å². The molecule has 0 fully saturated rings. The third kappa shape index (κ3) is 1.83. The molecule has 6 heteroatoms. The third-order valence-corrected chi connectivity index (χ3v) is 4.10. The van der Waals surface area contributed by atoms with E-state index in [0.717, 1.165) is 3.57 Å². The molecule has 1 aliphatic rings. The maximum atomic E-state index is 13.4. The van der Waals surface area contributed by atoms with Gasteiger partial charge in [-0.1, -0.05) is 0 Å². The molecule has 0 aromatic heterocycles. The number of benzene rings is 1. The number of ether oxygens (including phenoxy) is 2. The summed E-state index contributed by atoms with van der Waals surface area (Å²) >= 11 is -0.237. The number of halogens is 4. The fourth-order valence-corrected chi connectivity index (χ4v) is 2.39. The number of hydrogen-bond donors (Lipinski definition) is 0. The molecule has 1 atom stereocenters. The van der Waals surface area contributed by atoms with Gasteiger partial charge in [-0.15, -0.1) is 0 Å². The van der Waals surface area contributed by atoms with Crippen LogP contribution in [-0.4, -0.2) is 16.9 Å². The van der Waals surface area contributed by atoms with E-state index in [-0.39, 0.29) is 32.7 Å². The zero-order valence-electron chi connectivity index (χ0n) is 8.56. The molecule has 1 unspecified atom stereocenters. The number of alkyl halides is 4. The second-order valence-corrected chi connectivity index (χ2v) is 5.74. The first-order chi connectivity index (χ1) is 7.36. The molecule has 0 radical (unpaired) electrons. The van der Waals surface area contributed by atoms with Crippen LogP contribution in [-0.2, 0) is 0 Å². The molecule has 0 saturated heterocycles. The van der Waals surface area contributed by atoms with Crippen molar-refractivity contribution in [3.8, 4) is 11.5 Å². The van der Waals surface area contributed by atoms with E-state index in [1.807, 2.05) is 4.93 Å². The van der Waals surface area contributed by atoms with Crippen LogP contribution in [0.15, 0.2) is 18.2 Å². The summed E-state index contributed by atoms with van der Waals surface area (Å²) in [6.45, 7) is 0.649. The molecule has 1 aromatic rings. The molecule has 1 aromatic carbocycles. The molecule has 16 heavy (non-hydrogen) atoms. The molecule has 0 saturated carbocycles. The van der Waals surface area contributed by atoms with Crippen molar-refractivity contribution in [2.75, 3.05) is 4.93 Å². The van der Waals surface area contributed by atoms with Crippen molar-refractivity contribution >= 4 is 0 Å². The molecular weight excluding hydrogens is 336 g/mol. The summed E-state index contributed by atoms with van der Waals surface area (Å²) in [5, 5.41) is 0. The van der Waals surface area contributed by atoms with Crippen LogP contribution in [0.5, 0.6) is 11.5 Å². The van der Waals surface area contributed by atoms with Gasteiger partial charge < -0.3 is 0 Å². The quantitative estimate of drug-likeness (QED) is 0.511. The Balaban J connectivity index is 2.43. The predicted octanol–water partition coefficient (Wildman–Crippen LogP) is -0.375. The van der Waals surface area contributed by atoms with E-state index in [0.29, 0.717) is 6.92 Å². The fraction of sp³-hybridized carbons (Fsp3) is 0.400. The summed E-state index contributed by atoms with van der Waals surface area (Å²) in [5.74, 6) is -3.22.